The van der Waals surface area contributed by atoms with Crippen LogP contribution in [0.5, 0.6) is 0 Å². The van der Waals surface area contributed by atoms with E-state index in [1.807, 2.05) is 0 Å². The summed E-state index contributed by atoms with van der Waals surface area (Å²) in [5.74, 6) is 3.54. The molecule has 0 bridgehead atoms. The van der Waals surface area contributed by atoms with E-state index >= 15 is 0 Å². The van der Waals surface area contributed by atoms with Gasteiger partial charge in [-0.05, 0) is 58.3 Å². The number of piperidine rings is 1. The molecular formula is C14H26N2. The number of terminal acetylenes is 1. The Morgan fingerprint density at radius 2 is 2.12 bits per heavy atom. The third-order valence-corrected chi connectivity index (χ3v) is 3.75. The molecule has 1 fully saturated rings. The van der Waals surface area contributed by atoms with Crippen LogP contribution in [-0.4, -0.2) is 37.1 Å². The second-order valence-electron chi connectivity index (χ2n) is 4.82. The molecule has 0 saturated carbocycles. The first kappa shape index (κ1) is 13.5. The molecular weight excluding hydrogens is 196 g/mol. The van der Waals surface area contributed by atoms with Crippen molar-refractivity contribution >= 4 is 0 Å². The molecule has 2 nitrogen and oxygen atoms in total. The van der Waals surface area contributed by atoms with Gasteiger partial charge < -0.3 is 10.2 Å². The van der Waals surface area contributed by atoms with Gasteiger partial charge >= 0.3 is 0 Å². The van der Waals surface area contributed by atoms with Crippen molar-refractivity contribution in [2.45, 2.75) is 45.6 Å². The molecule has 1 unspecified atom stereocenters. The molecule has 16 heavy (non-hydrogen) atoms. The molecule has 1 aliphatic rings. The summed E-state index contributed by atoms with van der Waals surface area (Å²) in [5, 5.41) is 3.61. The van der Waals surface area contributed by atoms with Crippen LogP contribution in [0.1, 0.15) is 39.5 Å². The first-order valence-corrected chi connectivity index (χ1v) is 6.67. The van der Waals surface area contributed by atoms with Crippen molar-refractivity contribution in [3.05, 3.63) is 0 Å². The summed E-state index contributed by atoms with van der Waals surface area (Å²) in [5.41, 5.74) is 0. The Balaban J connectivity index is 2.13. The monoisotopic (exact) mass is 222 g/mol. The molecule has 1 rings (SSSR count). The van der Waals surface area contributed by atoms with Crippen molar-refractivity contribution in [3.8, 4) is 12.3 Å². The van der Waals surface area contributed by atoms with Crippen molar-refractivity contribution < 1.29 is 0 Å². The molecule has 0 aromatic carbocycles. The maximum Gasteiger partial charge on any atom is 0.00981 e. The van der Waals surface area contributed by atoms with Crippen molar-refractivity contribution in [1.82, 2.24) is 10.2 Å². The van der Waals surface area contributed by atoms with Gasteiger partial charge in [0.25, 0.3) is 0 Å². The molecule has 1 saturated heterocycles. The predicted octanol–water partition coefficient (Wildman–Crippen LogP) is 2.11. The number of hydrogen-bond acceptors (Lipinski definition) is 2. The van der Waals surface area contributed by atoms with E-state index in [2.05, 4.69) is 30.0 Å². The van der Waals surface area contributed by atoms with Crippen molar-refractivity contribution in [2.24, 2.45) is 5.92 Å². The summed E-state index contributed by atoms with van der Waals surface area (Å²) in [6, 6.07) is 0.650. The lowest BCUT2D eigenvalue weighted by Crippen LogP contribution is -2.42. The van der Waals surface area contributed by atoms with Gasteiger partial charge in [0.2, 0.25) is 0 Å². The smallest absolute Gasteiger partial charge is 0.00981 e. The van der Waals surface area contributed by atoms with Crippen LogP contribution in [-0.2, 0) is 0 Å². The fourth-order valence-corrected chi connectivity index (χ4v) is 2.46. The minimum atomic E-state index is 0.650. The average molecular weight is 222 g/mol. The van der Waals surface area contributed by atoms with E-state index in [1.54, 1.807) is 0 Å². The fourth-order valence-electron chi connectivity index (χ4n) is 2.46. The number of nitrogens with zero attached hydrogens (tertiary/aromatic N) is 1. The molecule has 2 heteroatoms. The fraction of sp³-hybridized carbons (Fsp3) is 0.857. The molecule has 0 aromatic heterocycles. The van der Waals surface area contributed by atoms with E-state index in [9.17, 15) is 0 Å². The molecule has 1 heterocycles. The van der Waals surface area contributed by atoms with E-state index < -0.39 is 0 Å². The largest absolute Gasteiger partial charge is 0.314 e. The molecule has 0 aliphatic carbocycles. The zero-order valence-corrected chi connectivity index (χ0v) is 10.8. The predicted molar refractivity (Wildman–Crippen MR) is 70.4 cm³/mol. The highest BCUT2D eigenvalue weighted by molar-refractivity contribution is 4.84. The number of likely N-dealkylation sites (tertiary alicyclic amines) is 1. The minimum absolute atomic E-state index is 0.650. The van der Waals surface area contributed by atoms with Crippen molar-refractivity contribution in [2.75, 3.05) is 26.2 Å². The normalized spacial score (nSPS) is 20.6. The first-order chi connectivity index (χ1) is 7.77. The highest BCUT2D eigenvalue weighted by Crippen LogP contribution is 2.20. The number of rotatable bonds is 6. The van der Waals surface area contributed by atoms with Crippen LogP contribution in [0.25, 0.3) is 0 Å². The Kier molecular flexibility index (Phi) is 6.52. The molecule has 1 aliphatic heterocycles. The van der Waals surface area contributed by atoms with Crippen molar-refractivity contribution in [3.63, 3.8) is 0 Å². The lowest BCUT2D eigenvalue weighted by molar-refractivity contribution is 0.169. The van der Waals surface area contributed by atoms with Gasteiger partial charge in [-0.3, -0.25) is 0 Å². The number of unbranched alkanes of at least 4 members (excludes halogenated alkanes) is 1. The summed E-state index contributed by atoms with van der Waals surface area (Å²) >= 11 is 0. The van der Waals surface area contributed by atoms with Crippen LogP contribution in [0, 0.1) is 18.3 Å². The third-order valence-electron chi connectivity index (χ3n) is 3.75. The summed E-state index contributed by atoms with van der Waals surface area (Å²) in [6.07, 6.45) is 9.93. The summed E-state index contributed by atoms with van der Waals surface area (Å²) < 4.78 is 0. The van der Waals surface area contributed by atoms with Gasteiger partial charge in [-0.15, -0.1) is 12.3 Å². The van der Waals surface area contributed by atoms with E-state index in [-0.39, 0.29) is 0 Å². The number of hydrogen-bond donors (Lipinski definition) is 1. The van der Waals surface area contributed by atoms with Crippen LogP contribution < -0.4 is 5.32 Å². The Bertz CT molecular complexity index is 211. The van der Waals surface area contributed by atoms with E-state index in [0.29, 0.717) is 6.04 Å². The van der Waals surface area contributed by atoms with Crippen LogP contribution in [0.15, 0.2) is 0 Å². The molecule has 0 radical (unpaired) electrons. The molecule has 1 atom stereocenters. The van der Waals surface area contributed by atoms with Crippen LogP contribution in [0.4, 0.5) is 0 Å². The van der Waals surface area contributed by atoms with E-state index in [4.69, 9.17) is 6.42 Å². The zero-order chi connectivity index (χ0) is 11.8. The van der Waals surface area contributed by atoms with Gasteiger partial charge in [-0.2, -0.15) is 0 Å². The lowest BCUT2D eigenvalue weighted by atomic mass is 9.90. The topological polar surface area (TPSA) is 15.3 Å². The quantitative estimate of drug-likeness (QED) is 0.547. The average Bonchev–Trinajstić information content (AvgIpc) is 2.34. The summed E-state index contributed by atoms with van der Waals surface area (Å²) in [4.78, 5) is 2.54. The van der Waals surface area contributed by atoms with Gasteiger partial charge in [0.15, 0.2) is 0 Å². The summed E-state index contributed by atoms with van der Waals surface area (Å²) in [7, 11) is 0. The highest BCUT2D eigenvalue weighted by Gasteiger charge is 2.22. The maximum atomic E-state index is 5.24. The maximum absolute atomic E-state index is 5.24. The van der Waals surface area contributed by atoms with Crippen LogP contribution in [0.3, 0.4) is 0 Å². The molecule has 0 spiro atoms. The van der Waals surface area contributed by atoms with Gasteiger partial charge in [0, 0.05) is 12.5 Å². The Morgan fingerprint density at radius 3 is 2.69 bits per heavy atom. The zero-order valence-electron chi connectivity index (χ0n) is 10.8. The van der Waals surface area contributed by atoms with Crippen LogP contribution in [0.2, 0.25) is 0 Å². The minimum Gasteiger partial charge on any atom is -0.314 e. The summed E-state index contributed by atoms with van der Waals surface area (Å²) in [6.45, 7) is 9.40. The third kappa shape index (κ3) is 4.55. The van der Waals surface area contributed by atoms with Gasteiger partial charge in [0.05, 0.1) is 0 Å². The Morgan fingerprint density at radius 1 is 1.44 bits per heavy atom. The van der Waals surface area contributed by atoms with E-state index in [1.165, 1.54) is 32.5 Å². The standard InChI is InChI=1S/C14H26N2/c1-4-6-7-10-15-13(3)14-8-11-16(5-2)12-9-14/h1,13-15H,5-12H2,2-3H3. The highest BCUT2D eigenvalue weighted by atomic mass is 15.1. The van der Waals surface area contributed by atoms with Crippen molar-refractivity contribution in [1.29, 1.82) is 0 Å². The van der Waals surface area contributed by atoms with Gasteiger partial charge in [-0.1, -0.05) is 6.92 Å². The first-order valence-electron chi connectivity index (χ1n) is 6.67. The molecule has 0 aromatic rings. The van der Waals surface area contributed by atoms with Crippen LogP contribution >= 0.6 is 0 Å². The van der Waals surface area contributed by atoms with E-state index in [0.717, 1.165) is 25.3 Å². The second-order valence-corrected chi connectivity index (χ2v) is 4.82. The number of nitrogens with one attached hydrogen (secondary N) is 1. The van der Waals surface area contributed by atoms with Gasteiger partial charge in [0.1, 0.15) is 0 Å². The Hall–Kier alpha value is -0.520. The molecule has 92 valence electrons. The lowest BCUT2D eigenvalue weighted by Gasteiger charge is -2.34. The van der Waals surface area contributed by atoms with Gasteiger partial charge in [-0.25, -0.2) is 0 Å². The SMILES string of the molecule is C#CCCCNC(C)C1CCN(CC)CC1. The Labute approximate surface area is 101 Å². The molecule has 0 amide bonds. The second kappa shape index (κ2) is 7.70. The molecule has 1 N–H and O–H groups in total.